The largest absolute Gasteiger partial charge is 0.396 e. The van der Waals surface area contributed by atoms with Crippen molar-refractivity contribution in [2.45, 2.75) is 24.7 Å². The molecule has 0 saturated heterocycles. The van der Waals surface area contributed by atoms with Crippen molar-refractivity contribution in [3.8, 4) is 0 Å². The minimum Gasteiger partial charge on any atom is -0.396 e. The molecule has 0 amide bonds. The average molecular weight is 262 g/mol. The Labute approximate surface area is 87.8 Å². The van der Waals surface area contributed by atoms with Crippen LogP contribution in [0.5, 0.6) is 0 Å². The van der Waals surface area contributed by atoms with E-state index in [1.807, 2.05) is 0 Å². The third kappa shape index (κ3) is 5.22. The van der Waals surface area contributed by atoms with Gasteiger partial charge < -0.3 is 24.3 Å². The second-order valence-corrected chi connectivity index (χ2v) is 7.36. The van der Waals surface area contributed by atoms with Crippen molar-refractivity contribution in [2.75, 3.05) is 13.7 Å². The van der Waals surface area contributed by atoms with Gasteiger partial charge in [0.2, 0.25) is 0 Å². The van der Waals surface area contributed by atoms with Crippen LogP contribution >= 0.6 is 15.2 Å². The molecule has 0 aliphatic rings. The first-order valence-corrected chi connectivity index (χ1v) is 7.63. The second-order valence-electron chi connectivity index (χ2n) is 3.04. The number of hydrogen-bond donors (Lipinski definition) is 4. The van der Waals surface area contributed by atoms with Gasteiger partial charge in [-0.25, -0.2) is 0 Å². The Morgan fingerprint density at radius 3 is 2.07 bits per heavy atom. The van der Waals surface area contributed by atoms with Crippen molar-refractivity contribution in [3.63, 3.8) is 0 Å². The number of hydrogen-bond acceptors (Lipinski definition) is 4. The van der Waals surface area contributed by atoms with Crippen molar-refractivity contribution in [1.29, 1.82) is 0 Å². The van der Waals surface area contributed by atoms with Crippen LogP contribution in [0.15, 0.2) is 0 Å². The smallest absolute Gasteiger partial charge is 0.342 e. The van der Waals surface area contributed by atoms with Crippen molar-refractivity contribution in [1.82, 2.24) is 0 Å². The molecule has 0 saturated carbocycles. The molecule has 0 aromatic carbocycles. The van der Waals surface area contributed by atoms with Gasteiger partial charge in [0.15, 0.2) is 5.40 Å². The average Bonchev–Trinajstić information content (AvgIpc) is 2.10. The Morgan fingerprint density at radius 2 is 1.73 bits per heavy atom. The lowest BCUT2D eigenvalue weighted by Crippen LogP contribution is -2.10. The van der Waals surface area contributed by atoms with Gasteiger partial charge in [-0.1, -0.05) is 0 Å². The normalized spacial score (nSPS) is 18.5. The van der Waals surface area contributed by atoms with Gasteiger partial charge in [-0.15, -0.1) is 0 Å². The van der Waals surface area contributed by atoms with Crippen LogP contribution in [0.25, 0.3) is 0 Å². The molecule has 15 heavy (non-hydrogen) atoms. The summed E-state index contributed by atoms with van der Waals surface area (Å²) < 4.78 is 26.5. The molecule has 0 rings (SSSR count). The predicted octanol–water partition coefficient (Wildman–Crippen LogP) is 0.485. The number of aliphatic hydroxyl groups excluding tert-OH is 1. The van der Waals surface area contributed by atoms with E-state index in [0.717, 1.165) is 7.11 Å². The summed E-state index contributed by atoms with van der Waals surface area (Å²) >= 11 is 0. The Hall–Kier alpha value is 0.260. The zero-order valence-electron chi connectivity index (χ0n) is 8.31. The molecule has 0 fully saturated rings. The molecular weight excluding hydrogens is 246 g/mol. The maximum absolute atomic E-state index is 11.3. The van der Waals surface area contributed by atoms with Gasteiger partial charge in [0.25, 0.3) is 0 Å². The van der Waals surface area contributed by atoms with Crippen LogP contribution in [0.2, 0.25) is 0 Å². The van der Waals surface area contributed by atoms with E-state index in [1.165, 1.54) is 0 Å². The molecule has 4 N–H and O–H groups in total. The van der Waals surface area contributed by atoms with Crippen molar-refractivity contribution in [3.05, 3.63) is 0 Å². The van der Waals surface area contributed by atoms with Gasteiger partial charge in [0.1, 0.15) is 0 Å². The lowest BCUT2D eigenvalue weighted by molar-refractivity contribution is 0.276. The van der Waals surface area contributed by atoms with Gasteiger partial charge >= 0.3 is 15.2 Å². The van der Waals surface area contributed by atoms with Gasteiger partial charge in [-0.2, -0.15) is 0 Å². The predicted molar refractivity (Wildman–Crippen MR) is 53.6 cm³/mol. The van der Waals surface area contributed by atoms with Crippen molar-refractivity contribution < 1.29 is 33.4 Å². The Kier molecular flexibility index (Phi) is 6.21. The van der Waals surface area contributed by atoms with Crippen LogP contribution in [0, 0.1) is 0 Å². The van der Waals surface area contributed by atoms with E-state index in [0.29, 0.717) is 6.42 Å². The summed E-state index contributed by atoms with van der Waals surface area (Å²) in [4.78, 5) is 27.0. The highest BCUT2D eigenvalue weighted by molar-refractivity contribution is 7.71. The maximum Gasteiger partial charge on any atom is 0.342 e. The summed E-state index contributed by atoms with van der Waals surface area (Å²) in [5, 5.41) is 6.78. The molecular formula is C6H16O7P2. The SMILES string of the molecule is COP(=O)(O)C(CCCCO)P(=O)(O)O. The zero-order valence-corrected chi connectivity index (χ0v) is 10.1. The lowest BCUT2D eigenvalue weighted by Gasteiger charge is -2.21. The fraction of sp³-hybridized carbons (Fsp3) is 1.00. The van der Waals surface area contributed by atoms with Crippen molar-refractivity contribution in [2.24, 2.45) is 0 Å². The van der Waals surface area contributed by atoms with Crippen LogP contribution in [0.1, 0.15) is 19.3 Å². The number of unbranched alkanes of at least 4 members (excludes halogenated alkanes) is 1. The fourth-order valence-electron chi connectivity index (χ4n) is 1.08. The summed E-state index contributed by atoms with van der Waals surface area (Å²) in [5.74, 6) is 0. The number of rotatable bonds is 7. The molecule has 92 valence electrons. The topological polar surface area (TPSA) is 124 Å². The fourth-order valence-corrected chi connectivity index (χ4v) is 4.16. The highest BCUT2D eigenvalue weighted by Crippen LogP contribution is 2.64. The van der Waals surface area contributed by atoms with Gasteiger partial charge in [0, 0.05) is 13.7 Å². The molecule has 0 heterocycles. The zero-order chi connectivity index (χ0) is 12.1. The molecule has 0 aromatic heterocycles. The van der Waals surface area contributed by atoms with E-state index >= 15 is 0 Å². The molecule has 7 nitrogen and oxygen atoms in total. The van der Waals surface area contributed by atoms with Crippen molar-refractivity contribution >= 4 is 15.2 Å². The van der Waals surface area contributed by atoms with E-state index in [4.69, 9.17) is 14.9 Å². The maximum atomic E-state index is 11.3. The lowest BCUT2D eigenvalue weighted by atomic mass is 10.3. The summed E-state index contributed by atoms with van der Waals surface area (Å²) in [6.45, 7) is -0.128. The molecule has 0 bridgehead atoms. The van der Waals surface area contributed by atoms with Crippen LogP contribution in [-0.4, -0.2) is 38.9 Å². The monoisotopic (exact) mass is 262 g/mol. The molecule has 0 radical (unpaired) electrons. The molecule has 9 heteroatoms. The summed E-state index contributed by atoms with van der Waals surface area (Å²) in [7, 11) is -8.04. The molecule has 0 aromatic rings. The molecule has 0 spiro atoms. The second kappa shape index (κ2) is 6.11. The minimum absolute atomic E-state index is 0.128. The molecule has 0 aliphatic carbocycles. The van der Waals surface area contributed by atoms with Crippen LogP contribution in [0.3, 0.4) is 0 Å². The Balaban J connectivity index is 4.62. The minimum atomic E-state index is -4.67. The highest BCUT2D eigenvalue weighted by Gasteiger charge is 2.44. The van der Waals surface area contributed by atoms with Gasteiger partial charge in [-0.3, -0.25) is 9.13 Å². The third-order valence-electron chi connectivity index (χ3n) is 1.90. The molecule has 2 unspecified atom stereocenters. The molecule has 2 atom stereocenters. The van der Waals surface area contributed by atoms with E-state index in [2.05, 4.69) is 4.52 Å². The van der Waals surface area contributed by atoms with Crippen LogP contribution in [0.4, 0.5) is 0 Å². The highest BCUT2D eigenvalue weighted by atomic mass is 31.2. The molecule has 0 aliphatic heterocycles. The van der Waals surface area contributed by atoms with E-state index in [9.17, 15) is 14.0 Å². The van der Waals surface area contributed by atoms with Gasteiger partial charge in [0.05, 0.1) is 0 Å². The van der Waals surface area contributed by atoms with E-state index < -0.39 is 20.6 Å². The third-order valence-corrected chi connectivity index (χ3v) is 6.24. The first-order valence-electron chi connectivity index (χ1n) is 4.30. The standard InChI is InChI=1S/C6H16O7P2/c1-13-15(11,12)6(14(8,9)10)4-2-3-5-7/h6-7H,2-5H2,1H3,(H,11,12)(H2,8,9,10). The van der Waals surface area contributed by atoms with E-state index in [-0.39, 0.29) is 19.4 Å². The summed E-state index contributed by atoms with van der Waals surface area (Å²) in [6, 6.07) is 0. The van der Waals surface area contributed by atoms with Gasteiger partial charge in [-0.05, 0) is 19.3 Å². The quantitative estimate of drug-likeness (QED) is 0.388. The summed E-state index contributed by atoms with van der Waals surface area (Å²) in [5.41, 5.74) is 0. The summed E-state index contributed by atoms with van der Waals surface area (Å²) in [6.07, 6.45) is 0.410. The Morgan fingerprint density at radius 1 is 1.20 bits per heavy atom. The Bertz CT molecular complexity index is 273. The number of aliphatic hydroxyl groups is 1. The van der Waals surface area contributed by atoms with Crippen LogP contribution < -0.4 is 0 Å². The first-order chi connectivity index (χ1) is 6.75. The van der Waals surface area contributed by atoms with Crippen LogP contribution in [-0.2, 0) is 13.7 Å². The van der Waals surface area contributed by atoms with E-state index in [1.54, 1.807) is 0 Å². The first kappa shape index (κ1) is 15.3.